The van der Waals surface area contributed by atoms with Gasteiger partial charge in [0.2, 0.25) is 0 Å². The zero-order chi connectivity index (χ0) is 13.3. The third-order valence-electron chi connectivity index (χ3n) is 4.53. The van der Waals surface area contributed by atoms with Gasteiger partial charge in [0, 0.05) is 18.7 Å². The first-order valence-electron chi connectivity index (χ1n) is 7.19. The second-order valence-corrected chi connectivity index (χ2v) is 6.19. The van der Waals surface area contributed by atoms with Crippen LogP contribution < -0.4 is 0 Å². The maximum atomic E-state index is 10.8. The second-order valence-electron chi connectivity index (χ2n) is 6.19. The van der Waals surface area contributed by atoms with Gasteiger partial charge < -0.3 is 5.11 Å². The predicted octanol–water partition coefficient (Wildman–Crippen LogP) is 2.94. The van der Waals surface area contributed by atoms with Crippen molar-refractivity contribution >= 4 is 0 Å². The van der Waals surface area contributed by atoms with E-state index in [9.17, 15) is 5.11 Å². The molecular formula is C15H26N2O. The van der Waals surface area contributed by atoms with E-state index in [4.69, 9.17) is 0 Å². The lowest BCUT2D eigenvalue weighted by Gasteiger charge is -2.39. The van der Waals surface area contributed by atoms with Crippen molar-refractivity contribution in [3.63, 3.8) is 0 Å². The normalized spacial score (nSPS) is 32.7. The van der Waals surface area contributed by atoms with Gasteiger partial charge in [-0.25, -0.2) is 0 Å². The summed E-state index contributed by atoms with van der Waals surface area (Å²) in [6, 6.07) is 2.12. The van der Waals surface area contributed by atoms with E-state index in [1.54, 1.807) is 0 Å². The molecule has 3 atom stereocenters. The fraction of sp³-hybridized carbons (Fsp3) is 0.800. The van der Waals surface area contributed by atoms with E-state index < -0.39 is 5.60 Å². The molecule has 1 N–H and O–H groups in total. The van der Waals surface area contributed by atoms with E-state index in [2.05, 4.69) is 31.9 Å². The Morgan fingerprint density at radius 1 is 1.44 bits per heavy atom. The highest BCUT2D eigenvalue weighted by Gasteiger charge is 2.36. The lowest BCUT2D eigenvalue weighted by atomic mass is 9.71. The molecular weight excluding hydrogens is 224 g/mol. The van der Waals surface area contributed by atoms with Gasteiger partial charge in [-0.05, 0) is 51.0 Å². The van der Waals surface area contributed by atoms with E-state index in [0.717, 1.165) is 43.8 Å². The Morgan fingerprint density at radius 3 is 2.78 bits per heavy atom. The van der Waals surface area contributed by atoms with Crippen LogP contribution in [0, 0.1) is 18.8 Å². The van der Waals surface area contributed by atoms with Gasteiger partial charge in [0.15, 0.2) is 0 Å². The van der Waals surface area contributed by atoms with Gasteiger partial charge >= 0.3 is 0 Å². The van der Waals surface area contributed by atoms with E-state index in [1.807, 2.05) is 11.6 Å². The maximum Gasteiger partial charge on any atom is 0.0705 e. The Hall–Kier alpha value is -0.830. The van der Waals surface area contributed by atoms with E-state index >= 15 is 0 Å². The Morgan fingerprint density at radius 2 is 2.17 bits per heavy atom. The Labute approximate surface area is 110 Å². The lowest BCUT2D eigenvalue weighted by molar-refractivity contribution is -0.0293. The number of aliphatic hydroxyl groups is 1. The number of hydrogen-bond donors (Lipinski definition) is 1. The standard InChI is InChI=1S/C15H26N2O/c1-5-17-14(8-13(4)16-17)10-15(18)7-6-11(2)12(3)9-15/h8,11-12,18H,5-7,9-10H2,1-4H3. The van der Waals surface area contributed by atoms with Crippen LogP contribution in [-0.4, -0.2) is 20.5 Å². The minimum absolute atomic E-state index is 0.522. The summed E-state index contributed by atoms with van der Waals surface area (Å²) in [5.74, 6) is 1.35. The van der Waals surface area contributed by atoms with Crippen molar-refractivity contribution in [3.05, 3.63) is 17.5 Å². The molecule has 102 valence electrons. The summed E-state index contributed by atoms with van der Waals surface area (Å²) in [5.41, 5.74) is 1.71. The number of hydrogen-bond acceptors (Lipinski definition) is 2. The van der Waals surface area contributed by atoms with Gasteiger partial charge in [-0.15, -0.1) is 0 Å². The van der Waals surface area contributed by atoms with Gasteiger partial charge in [-0.2, -0.15) is 5.10 Å². The number of rotatable bonds is 3. The minimum Gasteiger partial charge on any atom is -0.389 e. The topological polar surface area (TPSA) is 38.0 Å². The molecule has 3 nitrogen and oxygen atoms in total. The van der Waals surface area contributed by atoms with E-state index in [1.165, 1.54) is 5.69 Å². The monoisotopic (exact) mass is 250 g/mol. The van der Waals surface area contributed by atoms with Crippen molar-refractivity contribution in [2.45, 2.75) is 65.5 Å². The van der Waals surface area contributed by atoms with Crippen LogP contribution >= 0.6 is 0 Å². The van der Waals surface area contributed by atoms with Crippen molar-refractivity contribution in [1.29, 1.82) is 0 Å². The molecule has 0 aromatic carbocycles. The predicted molar refractivity (Wildman–Crippen MR) is 73.5 cm³/mol. The number of aryl methyl sites for hydroxylation is 2. The molecule has 1 aliphatic rings. The molecule has 1 aliphatic carbocycles. The summed E-state index contributed by atoms with van der Waals surface area (Å²) in [7, 11) is 0. The molecule has 1 saturated carbocycles. The first-order chi connectivity index (χ1) is 8.43. The summed E-state index contributed by atoms with van der Waals surface area (Å²) in [4.78, 5) is 0. The van der Waals surface area contributed by atoms with Crippen LogP contribution in [0.1, 0.15) is 51.4 Å². The molecule has 3 heteroatoms. The highest BCUT2D eigenvalue weighted by atomic mass is 16.3. The Kier molecular flexibility index (Phi) is 3.81. The molecule has 0 saturated heterocycles. The first-order valence-corrected chi connectivity index (χ1v) is 7.19. The zero-order valence-corrected chi connectivity index (χ0v) is 12.1. The van der Waals surface area contributed by atoms with Gasteiger partial charge in [-0.1, -0.05) is 13.8 Å². The fourth-order valence-corrected chi connectivity index (χ4v) is 3.20. The molecule has 0 spiro atoms. The van der Waals surface area contributed by atoms with Crippen LogP contribution in [0.5, 0.6) is 0 Å². The highest BCUT2D eigenvalue weighted by Crippen LogP contribution is 2.38. The van der Waals surface area contributed by atoms with Crippen LogP contribution in [0.3, 0.4) is 0 Å². The molecule has 0 amide bonds. The van der Waals surface area contributed by atoms with Crippen molar-refractivity contribution in [2.75, 3.05) is 0 Å². The molecule has 1 aromatic rings. The van der Waals surface area contributed by atoms with Crippen molar-refractivity contribution in [1.82, 2.24) is 9.78 Å². The average molecular weight is 250 g/mol. The lowest BCUT2D eigenvalue weighted by Crippen LogP contribution is -2.40. The fourth-order valence-electron chi connectivity index (χ4n) is 3.20. The SMILES string of the molecule is CCn1nc(C)cc1CC1(O)CCC(C)C(C)C1. The molecule has 0 radical (unpaired) electrons. The van der Waals surface area contributed by atoms with Crippen molar-refractivity contribution in [3.8, 4) is 0 Å². The largest absolute Gasteiger partial charge is 0.389 e. The quantitative estimate of drug-likeness (QED) is 0.895. The van der Waals surface area contributed by atoms with Gasteiger partial charge in [-0.3, -0.25) is 4.68 Å². The first kappa shape index (κ1) is 13.6. The van der Waals surface area contributed by atoms with Crippen LogP contribution in [0.25, 0.3) is 0 Å². The molecule has 1 heterocycles. The molecule has 1 fully saturated rings. The molecule has 18 heavy (non-hydrogen) atoms. The highest BCUT2D eigenvalue weighted by molar-refractivity contribution is 5.12. The summed E-state index contributed by atoms with van der Waals surface area (Å²) in [5, 5.41) is 15.3. The molecule has 1 aromatic heterocycles. The third-order valence-corrected chi connectivity index (χ3v) is 4.53. The molecule has 0 bridgehead atoms. The summed E-state index contributed by atoms with van der Waals surface area (Å²) >= 11 is 0. The smallest absolute Gasteiger partial charge is 0.0705 e. The third kappa shape index (κ3) is 2.77. The minimum atomic E-state index is -0.522. The Balaban J connectivity index is 2.12. The Bertz CT molecular complexity index is 413. The van der Waals surface area contributed by atoms with Crippen LogP contribution in [0.15, 0.2) is 6.07 Å². The second kappa shape index (κ2) is 5.04. The zero-order valence-electron chi connectivity index (χ0n) is 12.1. The van der Waals surface area contributed by atoms with E-state index in [-0.39, 0.29) is 0 Å². The number of aromatic nitrogens is 2. The molecule has 0 aliphatic heterocycles. The van der Waals surface area contributed by atoms with Gasteiger partial charge in [0.1, 0.15) is 0 Å². The van der Waals surface area contributed by atoms with Gasteiger partial charge in [0.25, 0.3) is 0 Å². The summed E-state index contributed by atoms with van der Waals surface area (Å²) < 4.78 is 2.02. The van der Waals surface area contributed by atoms with Crippen LogP contribution in [-0.2, 0) is 13.0 Å². The van der Waals surface area contributed by atoms with Gasteiger partial charge in [0.05, 0.1) is 11.3 Å². The summed E-state index contributed by atoms with van der Waals surface area (Å²) in [6.45, 7) is 9.56. The summed E-state index contributed by atoms with van der Waals surface area (Å²) in [6.07, 6.45) is 3.73. The average Bonchev–Trinajstić information content (AvgIpc) is 2.64. The van der Waals surface area contributed by atoms with Crippen molar-refractivity contribution in [2.24, 2.45) is 11.8 Å². The molecule has 3 unspecified atom stereocenters. The molecule has 2 rings (SSSR count). The van der Waals surface area contributed by atoms with Crippen molar-refractivity contribution < 1.29 is 5.11 Å². The van der Waals surface area contributed by atoms with E-state index in [0.29, 0.717) is 5.92 Å². The van der Waals surface area contributed by atoms with Crippen LogP contribution in [0.2, 0.25) is 0 Å². The van der Waals surface area contributed by atoms with Crippen LogP contribution in [0.4, 0.5) is 0 Å². The maximum absolute atomic E-state index is 10.8. The number of nitrogens with zero attached hydrogens (tertiary/aromatic N) is 2.